The third-order valence-corrected chi connectivity index (χ3v) is 3.72. The van der Waals surface area contributed by atoms with Crippen molar-refractivity contribution in [2.45, 2.75) is 19.4 Å². The van der Waals surface area contributed by atoms with Gasteiger partial charge in [-0.3, -0.25) is 4.79 Å². The summed E-state index contributed by atoms with van der Waals surface area (Å²) in [6, 6.07) is 6.61. The first-order valence-electron chi connectivity index (χ1n) is 6.30. The Morgan fingerprint density at radius 1 is 1.47 bits per heavy atom. The first kappa shape index (κ1) is 16.0. The molecule has 0 aliphatic carbocycles. The van der Waals surface area contributed by atoms with Crippen LogP contribution in [0.4, 0.5) is 0 Å². The molecule has 0 bridgehead atoms. The first-order chi connectivity index (χ1) is 9.17. The molecular formula is C14H20O4S. The standard InChI is InChI=1S/C14H20O4S/c1-2-6-19-10-12(16)9-18-13-5-3-4-11(7-13)14(17)8-15/h3-5,7,12,15-16H,2,6,8-10H2,1H3. The molecule has 0 heterocycles. The quantitative estimate of drug-likeness (QED) is 0.534. The minimum absolute atomic E-state index is 0.202. The molecule has 5 heteroatoms. The molecule has 106 valence electrons. The van der Waals surface area contributed by atoms with E-state index in [0.717, 1.165) is 12.2 Å². The van der Waals surface area contributed by atoms with Gasteiger partial charge in [-0.15, -0.1) is 0 Å². The van der Waals surface area contributed by atoms with Crippen LogP contribution in [0, 0.1) is 0 Å². The molecule has 1 unspecified atom stereocenters. The number of carbonyl (C=O) groups is 1. The number of hydrogen-bond donors (Lipinski definition) is 2. The monoisotopic (exact) mass is 284 g/mol. The van der Waals surface area contributed by atoms with Crippen molar-refractivity contribution in [3.8, 4) is 5.75 Å². The lowest BCUT2D eigenvalue weighted by molar-refractivity contribution is 0.0903. The molecule has 1 aromatic rings. The average Bonchev–Trinajstić information content (AvgIpc) is 2.45. The van der Waals surface area contributed by atoms with Crippen LogP contribution >= 0.6 is 11.8 Å². The second-order valence-electron chi connectivity index (χ2n) is 4.15. The van der Waals surface area contributed by atoms with E-state index in [9.17, 15) is 9.90 Å². The van der Waals surface area contributed by atoms with Crippen molar-refractivity contribution in [1.82, 2.24) is 0 Å². The highest BCUT2D eigenvalue weighted by Crippen LogP contribution is 2.14. The van der Waals surface area contributed by atoms with Gasteiger partial charge in [-0.25, -0.2) is 0 Å². The van der Waals surface area contributed by atoms with Crippen LogP contribution in [0.1, 0.15) is 23.7 Å². The highest BCUT2D eigenvalue weighted by atomic mass is 32.2. The van der Waals surface area contributed by atoms with Gasteiger partial charge >= 0.3 is 0 Å². The molecule has 0 saturated heterocycles. The van der Waals surface area contributed by atoms with E-state index < -0.39 is 12.7 Å². The summed E-state index contributed by atoms with van der Waals surface area (Å²) >= 11 is 1.69. The smallest absolute Gasteiger partial charge is 0.188 e. The summed E-state index contributed by atoms with van der Waals surface area (Å²) in [5.41, 5.74) is 0.412. The van der Waals surface area contributed by atoms with Gasteiger partial charge < -0.3 is 14.9 Å². The van der Waals surface area contributed by atoms with E-state index in [2.05, 4.69) is 6.92 Å². The van der Waals surface area contributed by atoms with Gasteiger partial charge in [-0.2, -0.15) is 11.8 Å². The molecule has 0 aliphatic rings. The summed E-state index contributed by atoms with van der Waals surface area (Å²) in [6.45, 7) is 1.78. The summed E-state index contributed by atoms with van der Waals surface area (Å²) in [5.74, 6) is 1.85. The maximum absolute atomic E-state index is 11.3. The predicted octanol–water partition coefficient (Wildman–Crippen LogP) is 1.74. The Bertz CT molecular complexity index is 395. The summed E-state index contributed by atoms with van der Waals surface area (Å²) in [6.07, 6.45) is 0.567. The van der Waals surface area contributed by atoms with Crippen molar-refractivity contribution in [3.63, 3.8) is 0 Å². The predicted molar refractivity (Wildman–Crippen MR) is 77.0 cm³/mol. The van der Waals surface area contributed by atoms with Crippen LogP contribution in [0.5, 0.6) is 5.75 Å². The molecule has 4 nitrogen and oxygen atoms in total. The molecule has 1 atom stereocenters. The minimum Gasteiger partial charge on any atom is -0.491 e. The van der Waals surface area contributed by atoms with Crippen LogP contribution in [-0.4, -0.2) is 46.8 Å². The fourth-order valence-electron chi connectivity index (χ4n) is 1.45. The summed E-state index contributed by atoms with van der Waals surface area (Å²) in [5, 5.41) is 18.5. The zero-order valence-corrected chi connectivity index (χ0v) is 11.9. The van der Waals surface area contributed by atoms with Gasteiger partial charge in [-0.1, -0.05) is 19.1 Å². The van der Waals surface area contributed by atoms with Crippen LogP contribution in [-0.2, 0) is 0 Å². The molecule has 0 spiro atoms. The van der Waals surface area contributed by atoms with Crippen LogP contribution in [0.15, 0.2) is 24.3 Å². The van der Waals surface area contributed by atoms with Gasteiger partial charge in [0, 0.05) is 11.3 Å². The number of aliphatic hydroxyl groups is 2. The molecule has 0 amide bonds. The number of benzene rings is 1. The van der Waals surface area contributed by atoms with Gasteiger partial charge in [0.2, 0.25) is 0 Å². The largest absolute Gasteiger partial charge is 0.491 e. The number of carbonyl (C=O) groups excluding carboxylic acids is 1. The lowest BCUT2D eigenvalue weighted by atomic mass is 10.1. The van der Waals surface area contributed by atoms with Gasteiger partial charge in [0.25, 0.3) is 0 Å². The van der Waals surface area contributed by atoms with E-state index in [-0.39, 0.29) is 12.4 Å². The first-order valence-corrected chi connectivity index (χ1v) is 7.45. The summed E-state index contributed by atoms with van der Waals surface area (Å²) < 4.78 is 5.44. The number of Topliss-reactive ketones (excluding diaryl/α,β-unsaturated/α-hetero) is 1. The van der Waals surface area contributed by atoms with Crippen LogP contribution in [0.2, 0.25) is 0 Å². The van der Waals surface area contributed by atoms with Crippen LogP contribution < -0.4 is 4.74 Å². The second-order valence-corrected chi connectivity index (χ2v) is 5.30. The number of ketones is 1. The molecule has 0 saturated carbocycles. The SMILES string of the molecule is CCCSCC(O)COc1cccc(C(=O)CO)c1. The lowest BCUT2D eigenvalue weighted by Crippen LogP contribution is -2.20. The molecule has 19 heavy (non-hydrogen) atoms. The van der Waals surface area contributed by atoms with Crippen molar-refractivity contribution in [3.05, 3.63) is 29.8 Å². The van der Waals surface area contributed by atoms with Crippen molar-refractivity contribution in [2.75, 3.05) is 24.7 Å². The number of aliphatic hydroxyl groups excluding tert-OH is 2. The van der Waals surface area contributed by atoms with Gasteiger partial charge in [0.15, 0.2) is 5.78 Å². The fraction of sp³-hybridized carbons (Fsp3) is 0.500. The Morgan fingerprint density at radius 3 is 2.95 bits per heavy atom. The normalized spacial score (nSPS) is 12.2. The zero-order chi connectivity index (χ0) is 14.1. The van der Waals surface area contributed by atoms with Gasteiger partial charge in [0.05, 0.1) is 6.10 Å². The highest BCUT2D eigenvalue weighted by molar-refractivity contribution is 7.99. The van der Waals surface area contributed by atoms with E-state index in [4.69, 9.17) is 9.84 Å². The summed E-state index contributed by atoms with van der Waals surface area (Å²) in [7, 11) is 0. The molecule has 2 N–H and O–H groups in total. The number of ether oxygens (including phenoxy) is 1. The van der Waals surface area contributed by atoms with Crippen molar-refractivity contribution >= 4 is 17.5 Å². The zero-order valence-electron chi connectivity index (χ0n) is 11.0. The van der Waals surface area contributed by atoms with Gasteiger partial charge in [-0.05, 0) is 24.3 Å². The second kappa shape index (κ2) is 8.96. The van der Waals surface area contributed by atoms with Gasteiger partial charge in [0.1, 0.15) is 19.0 Å². The van der Waals surface area contributed by atoms with Crippen LogP contribution in [0.3, 0.4) is 0 Å². The molecule has 0 aromatic heterocycles. The van der Waals surface area contributed by atoms with E-state index in [0.29, 0.717) is 17.1 Å². The third-order valence-electron chi connectivity index (χ3n) is 2.40. The lowest BCUT2D eigenvalue weighted by Gasteiger charge is -2.12. The fourth-order valence-corrected chi connectivity index (χ4v) is 2.28. The van der Waals surface area contributed by atoms with E-state index in [1.54, 1.807) is 36.0 Å². The third kappa shape index (κ3) is 6.09. The highest BCUT2D eigenvalue weighted by Gasteiger charge is 2.08. The van der Waals surface area contributed by atoms with E-state index >= 15 is 0 Å². The Kier molecular flexibility index (Phi) is 7.55. The van der Waals surface area contributed by atoms with Crippen LogP contribution in [0.25, 0.3) is 0 Å². The average molecular weight is 284 g/mol. The molecule has 1 aromatic carbocycles. The van der Waals surface area contributed by atoms with E-state index in [1.165, 1.54) is 0 Å². The van der Waals surface area contributed by atoms with Crippen molar-refractivity contribution in [2.24, 2.45) is 0 Å². The minimum atomic E-state index is -0.520. The number of rotatable bonds is 9. The molecule has 0 aliphatic heterocycles. The summed E-state index contributed by atoms with van der Waals surface area (Å²) in [4.78, 5) is 11.3. The van der Waals surface area contributed by atoms with Crippen molar-refractivity contribution < 1.29 is 19.7 Å². The Hall–Kier alpha value is -1.04. The Morgan fingerprint density at radius 2 is 2.26 bits per heavy atom. The Balaban J connectivity index is 2.42. The number of thioether (sulfide) groups is 1. The van der Waals surface area contributed by atoms with E-state index in [1.807, 2.05) is 0 Å². The molecule has 0 fully saturated rings. The maximum atomic E-state index is 11.3. The maximum Gasteiger partial charge on any atom is 0.188 e. The Labute approximate surface area is 117 Å². The topological polar surface area (TPSA) is 66.8 Å². The number of hydrogen-bond acceptors (Lipinski definition) is 5. The molecular weight excluding hydrogens is 264 g/mol. The van der Waals surface area contributed by atoms with Crippen molar-refractivity contribution in [1.29, 1.82) is 0 Å². The molecule has 0 radical (unpaired) electrons. The molecule has 1 rings (SSSR count).